The Morgan fingerprint density at radius 2 is 1.90 bits per heavy atom. The van der Waals surface area contributed by atoms with E-state index in [4.69, 9.17) is 22.7 Å². The van der Waals surface area contributed by atoms with Crippen molar-refractivity contribution in [2.75, 3.05) is 20.3 Å². The molecule has 1 aliphatic heterocycles. The van der Waals surface area contributed by atoms with E-state index in [1.165, 1.54) is 19.3 Å². The molecule has 0 aromatic heterocycles. The lowest BCUT2D eigenvalue weighted by Crippen LogP contribution is -2.55. The van der Waals surface area contributed by atoms with Crippen LogP contribution in [0.25, 0.3) is 0 Å². The second-order valence-corrected chi connectivity index (χ2v) is 6.74. The average molecular weight is 298 g/mol. The van der Waals surface area contributed by atoms with Gasteiger partial charge in [-0.25, -0.2) is 0 Å². The van der Waals surface area contributed by atoms with E-state index in [0.717, 1.165) is 6.42 Å². The molecule has 0 aromatic rings. The second-order valence-electron chi connectivity index (χ2n) is 6.30. The monoisotopic (exact) mass is 298 g/mol. The fraction of sp³-hybridized carbons (Fsp3) is 0.867. The quantitative estimate of drug-likeness (QED) is 0.811. The number of carbonyl (C=O) groups is 1. The van der Waals surface area contributed by atoms with Crippen molar-refractivity contribution >= 4 is 23.1 Å². The third kappa shape index (κ3) is 2.84. The zero-order chi connectivity index (χ0) is 14.8. The molecule has 1 saturated heterocycles. The number of rotatable bonds is 3. The fourth-order valence-electron chi connectivity index (χ4n) is 3.65. The maximum Gasteiger partial charge on any atom is 0.235 e. The summed E-state index contributed by atoms with van der Waals surface area (Å²) >= 11 is 5.23. The molecular formula is C15H26N2O2S. The molecule has 1 aliphatic carbocycles. The Bertz CT molecular complexity index is 380. The summed E-state index contributed by atoms with van der Waals surface area (Å²) in [5.41, 5.74) is 5.25. The molecule has 1 amide bonds. The molecule has 0 aromatic carbocycles. The Morgan fingerprint density at radius 1 is 1.30 bits per heavy atom. The molecule has 114 valence electrons. The SMILES string of the molecule is CC1CCCCC1N(C)C(=O)C1(C(N)=S)CCOCC1. The molecule has 20 heavy (non-hydrogen) atoms. The Labute approximate surface area is 127 Å². The van der Waals surface area contributed by atoms with Crippen molar-refractivity contribution in [1.82, 2.24) is 4.90 Å². The number of amides is 1. The van der Waals surface area contributed by atoms with E-state index >= 15 is 0 Å². The first-order valence-electron chi connectivity index (χ1n) is 7.64. The van der Waals surface area contributed by atoms with Crippen molar-refractivity contribution in [3.63, 3.8) is 0 Å². The van der Waals surface area contributed by atoms with E-state index in [9.17, 15) is 4.79 Å². The summed E-state index contributed by atoms with van der Waals surface area (Å²) in [7, 11) is 1.92. The molecule has 1 saturated carbocycles. The molecule has 2 atom stereocenters. The Hall–Kier alpha value is -0.680. The lowest BCUT2D eigenvalue weighted by atomic mass is 9.77. The van der Waals surface area contributed by atoms with Gasteiger partial charge in [0.2, 0.25) is 5.91 Å². The Kier molecular flexibility index (Phi) is 5.02. The van der Waals surface area contributed by atoms with Crippen molar-refractivity contribution in [2.45, 2.75) is 51.5 Å². The van der Waals surface area contributed by atoms with Gasteiger partial charge in [0.1, 0.15) is 5.41 Å². The van der Waals surface area contributed by atoms with E-state index in [0.29, 0.717) is 43.0 Å². The molecule has 4 nitrogen and oxygen atoms in total. The number of hydrogen-bond donors (Lipinski definition) is 1. The maximum absolute atomic E-state index is 13.0. The van der Waals surface area contributed by atoms with Crippen LogP contribution in [0.4, 0.5) is 0 Å². The number of carbonyl (C=O) groups excluding carboxylic acids is 1. The van der Waals surface area contributed by atoms with Crippen molar-refractivity contribution in [2.24, 2.45) is 17.1 Å². The fourth-order valence-corrected chi connectivity index (χ4v) is 3.94. The lowest BCUT2D eigenvalue weighted by molar-refractivity contribution is -0.144. The van der Waals surface area contributed by atoms with Gasteiger partial charge in [0.25, 0.3) is 0 Å². The van der Waals surface area contributed by atoms with Crippen LogP contribution < -0.4 is 5.73 Å². The zero-order valence-corrected chi connectivity index (χ0v) is 13.4. The van der Waals surface area contributed by atoms with Crippen LogP contribution in [0.3, 0.4) is 0 Å². The summed E-state index contributed by atoms with van der Waals surface area (Å²) in [5, 5.41) is 0. The van der Waals surface area contributed by atoms with Crippen molar-refractivity contribution in [3.8, 4) is 0 Å². The van der Waals surface area contributed by atoms with E-state index in [1.54, 1.807) is 0 Å². The topological polar surface area (TPSA) is 55.6 Å². The summed E-state index contributed by atoms with van der Waals surface area (Å²) in [5.74, 6) is 0.660. The average Bonchev–Trinajstić information content (AvgIpc) is 2.47. The molecule has 2 aliphatic rings. The second kappa shape index (κ2) is 6.39. The molecule has 5 heteroatoms. The van der Waals surface area contributed by atoms with Crippen LogP contribution in [0.1, 0.15) is 45.4 Å². The van der Waals surface area contributed by atoms with Crippen LogP contribution in [-0.2, 0) is 9.53 Å². The summed E-state index contributed by atoms with van der Waals surface area (Å²) < 4.78 is 5.39. The van der Waals surface area contributed by atoms with Crippen LogP contribution in [-0.4, -0.2) is 42.1 Å². The molecule has 0 radical (unpaired) electrons. The number of thiocarbonyl (C=S) groups is 1. The molecular weight excluding hydrogens is 272 g/mol. The number of nitrogens with two attached hydrogens (primary N) is 1. The van der Waals surface area contributed by atoms with Gasteiger partial charge in [-0.1, -0.05) is 32.0 Å². The number of hydrogen-bond acceptors (Lipinski definition) is 3. The van der Waals surface area contributed by atoms with E-state index in [1.807, 2.05) is 11.9 Å². The number of nitrogens with zero attached hydrogens (tertiary/aromatic N) is 1. The molecule has 1 heterocycles. The molecule has 2 unspecified atom stereocenters. The normalized spacial score (nSPS) is 29.7. The van der Waals surface area contributed by atoms with Gasteiger partial charge in [0.05, 0.1) is 4.99 Å². The third-order valence-corrected chi connectivity index (χ3v) is 5.50. The standard InChI is InChI=1S/C15H26N2O2S/c1-11-5-3-4-6-12(11)17(2)14(18)15(13(16)20)7-9-19-10-8-15/h11-12H,3-10H2,1-2H3,(H2,16,20). The minimum Gasteiger partial charge on any atom is -0.392 e. The van der Waals surface area contributed by atoms with E-state index < -0.39 is 5.41 Å². The van der Waals surface area contributed by atoms with Gasteiger partial charge < -0.3 is 15.4 Å². The third-order valence-electron chi connectivity index (χ3n) is 5.11. The highest BCUT2D eigenvalue weighted by Crippen LogP contribution is 2.36. The smallest absolute Gasteiger partial charge is 0.235 e. The maximum atomic E-state index is 13.0. The van der Waals surface area contributed by atoms with E-state index in [-0.39, 0.29) is 5.91 Å². The minimum atomic E-state index is -0.681. The van der Waals surface area contributed by atoms with Crippen molar-refractivity contribution < 1.29 is 9.53 Å². The Balaban J connectivity index is 2.16. The molecule has 0 bridgehead atoms. The molecule has 0 spiro atoms. The van der Waals surface area contributed by atoms with Gasteiger partial charge >= 0.3 is 0 Å². The highest BCUT2D eigenvalue weighted by molar-refractivity contribution is 7.80. The van der Waals surface area contributed by atoms with Crippen LogP contribution in [0.15, 0.2) is 0 Å². The predicted molar refractivity (Wildman–Crippen MR) is 83.5 cm³/mol. The van der Waals surface area contributed by atoms with Crippen LogP contribution in [0, 0.1) is 11.3 Å². The summed E-state index contributed by atoms with van der Waals surface area (Å²) in [6, 6.07) is 0.324. The van der Waals surface area contributed by atoms with Crippen molar-refractivity contribution in [3.05, 3.63) is 0 Å². The summed E-state index contributed by atoms with van der Waals surface area (Å²) in [6.07, 6.45) is 6.00. The highest BCUT2D eigenvalue weighted by atomic mass is 32.1. The van der Waals surface area contributed by atoms with Gasteiger partial charge in [-0.05, 0) is 31.6 Å². The van der Waals surface area contributed by atoms with Gasteiger partial charge in [-0.2, -0.15) is 0 Å². The van der Waals surface area contributed by atoms with Crippen LogP contribution >= 0.6 is 12.2 Å². The molecule has 2 N–H and O–H groups in total. The van der Waals surface area contributed by atoms with Crippen molar-refractivity contribution in [1.29, 1.82) is 0 Å². The predicted octanol–water partition coefficient (Wildman–Crippen LogP) is 2.11. The Morgan fingerprint density at radius 3 is 2.45 bits per heavy atom. The van der Waals surface area contributed by atoms with Crippen LogP contribution in [0.2, 0.25) is 0 Å². The molecule has 2 fully saturated rings. The lowest BCUT2D eigenvalue weighted by Gasteiger charge is -2.43. The largest absolute Gasteiger partial charge is 0.392 e. The van der Waals surface area contributed by atoms with Gasteiger partial charge in [0.15, 0.2) is 0 Å². The first-order chi connectivity index (χ1) is 9.49. The first-order valence-corrected chi connectivity index (χ1v) is 8.05. The van der Waals surface area contributed by atoms with E-state index in [2.05, 4.69) is 6.92 Å². The van der Waals surface area contributed by atoms with Gasteiger partial charge in [-0.3, -0.25) is 4.79 Å². The number of ether oxygens (including phenoxy) is 1. The highest BCUT2D eigenvalue weighted by Gasteiger charge is 2.46. The van der Waals surface area contributed by atoms with Gasteiger partial charge in [-0.15, -0.1) is 0 Å². The van der Waals surface area contributed by atoms with Gasteiger partial charge in [0, 0.05) is 26.3 Å². The summed E-state index contributed by atoms with van der Waals surface area (Å²) in [6.45, 7) is 3.37. The van der Waals surface area contributed by atoms with Crippen LogP contribution in [0.5, 0.6) is 0 Å². The molecule has 2 rings (SSSR count). The zero-order valence-electron chi connectivity index (χ0n) is 12.6. The minimum absolute atomic E-state index is 0.104. The summed E-state index contributed by atoms with van der Waals surface area (Å²) in [4.78, 5) is 15.3. The first kappa shape index (κ1) is 15.7.